The molecular weight excluding hydrogens is 292 g/mol. The van der Waals surface area contributed by atoms with Crippen molar-refractivity contribution in [2.75, 3.05) is 23.3 Å². The number of aromatic nitrogens is 1. The number of anilines is 2. The molecule has 0 radical (unpaired) electrons. The summed E-state index contributed by atoms with van der Waals surface area (Å²) in [6.07, 6.45) is 5.07. The van der Waals surface area contributed by atoms with Crippen LogP contribution in [0.3, 0.4) is 0 Å². The van der Waals surface area contributed by atoms with Gasteiger partial charge in [-0.05, 0) is 37.0 Å². The number of nitrogens with one attached hydrogen (secondary N) is 1. The van der Waals surface area contributed by atoms with E-state index in [1.807, 2.05) is 6.07 Å². The fraction of sp³-hybridized carbons (Fsp3) is 0.353. The Balaban J connectivity index is 1.69. The summed E-state index contributed by atoms with van der Waals surface area (Å²) in [5.41, 5.74) is 2.49. The molecule has 0 saturated carbocycles. The van der Waals surface area contributed by atoms with Crippen molar-refractivity contribution in [1.82, 2.24) is 4.98 Å². The van der Waals surface area contributed by atoms with Crippen molar-refractivity contribution >= 4 is 17.2 Å². The Morgan fingerprint density at radius 1 is 1.13 bits per heavy atom. The molecule has 1 aromatic heterocycles. The van der Waals surface area contributed by atoms with E-state index in [-0.39, 0.29) is 5.69 Å². The number of para-hydroxylation sites is 1. The number of rotatable bonds is 5. The zero-order valence-electron chi connectivity index (χ0n) is 12.9. The van der Waals surface area contributed by atoms with Gasteiger partial charge in [-0.3, -0.25) is 10.1 Å². The average molecular weight is 312 g/mol. The van der Waals surface area contributed by atoms with Crippen LogP contribution in [0.25, 0.3) is 0 Å². The van der Waals surface area contributed by atoms with E-state index in [2.05, 4.69) is 33.4 Å². The van der Waals surface area contributed by atoms with E-state index in [0.29, 0.717) is 12.4 Å². The van der Waals surface area contributed by atoms with Gasteiger partial charge in [-0.15, -0.1) is 0 Å². The Bertz CT molecular complexity index is 667. The first-order valence-electron chi connectivity index (χ1n) is 7.91. The zero-order chi connectivity index (χ0) is 16.1. The molecule has 6 nitrogen and oxygen atoms in total. The fourth-order valence-electron chi connectivity index (χ4n) is 2.89. The summed E-state index contributed by atoms with van der Waals surface area (Å²) in [6, 6.07) is 11.5. The molecule has 0 amide bonds. The summed E-state index contributed by atoms with van der Waals surface area (Å²) in [7, 11) is 0. The van der Waals surface area contributed by atoms with E-state index in [4.69, 9.17) is 0 Å². The first-order valence-corrected chi connectivity index (χ1v) is 7.91. The highest BCUT2D eigenvalue weighted by Crippen LogP contribution is 2.24. The van der Waals surface area contributed by atoms with E-state index >= 15 is 0 Å². The Kier molecular flexibility index (Phi) is 4.71. The average Bonchev–Trinajstić information content (AvgIpc) is 2.61. The molecule has 1 saturated heterocycles. The highest BCUT2D eigenvalue weighted by molar-refractivity contribution is 5.55. The van der Waals surface area contributed by atoms with E-state index in [1.54, 1.807) is 6.07 Å². The lowest BCUT2D eigenvalue weighted by atomic mass is 10.1. The second kappa shape index (κ2) is 7.09. The lowest BCUT2D eigenvalue weighted by Crippen LogP contribution is -2.30. The standard InChI is InChI=1S/C17H20N4O2/c22-21(23)15-8-9-17(19-13-15)18-12-14-6-2-3-7-16(14)20-10-4-1-5-11-20/h2-3,6-9,13H,1,4-5,10-12H2,(H,18,19). The summed E-state index contributed by atoms with van der Waals surface area (Å²) in [5.74, 6) is 0.643. The summed E-state index contributed by atoms with van der Waals surface area (Å²) in [4.78, 5) is 16.7. The zero-order valence-corrected chi connectivity index (χ0v) is 12.9. The minimum absolute atomic E-state index is 0.00395. The molecule has 0 spiro atoms. The van der Waals surface area contributed by atoms with Crippen LogP contribution in [-0.2, 0) is 6.54 Å². The molecule has 6 heteroatoms. The summed E-state index contributed by atoms with van der Waals surface area (Å²) in [5, 5.41) is 13.9. The maximum Gasteiger partial charge on any atom is 0.287 e. The lowest BCUT2D eigenvalue weighted by Gasteiger charge is -2.30. The van der Waals surface area contributed by atoms with Crippen molar-refractivity contribution in [3.8, 4) is 0 Å². The van der Waals surface area contributed by atoms with Gasteiger partial charge in [0.05, 0.1) is 4.92 Å². The molecule has 1 fully saturated rings. The maximum absolute atomic E-state index is 10.7. The SMILES string of the molecule is O=[N+]([O-])c1ccc(NCc2ccccc2N2CCCCC2)nc1. The molecule has 1 aliphatic heterocycles. The molecule has 0 bridgehead atoms. The normalized spacial score (nSPS) is 14.5. The molecule has 0 unspecified atom stereocenters. The van der Waals surface area contributed by atoms with Crippen LogP contribution in [0.1, 0.15) is 24.8 Å². The van der Waals surface area contributed by atoms with Crippen molar-refractivity contribution < 1.29 is 4.92 Å². The van der Waals surface area contributed by atoms with E-state index < -0.39 is 4.92 Å². The Morgan fingerprint density at radius 3 is 2.61 bits per heavy atom. The first kappa shape index (κ1) is 15.3. The van der Waals surface area contributed by atoms with Crippen molar-refractivity contribution in [1.29, 1.82) is 0 Å². The van der Waals surface area contributed by atoms with Gasteiger partial charge in [0.15, 0.2) is 0 Å². The quantitative estimate of drug-likeness (QED) is 0.675. The first-order chi connectivity index (χ1) is 11.2. The maximum atomic E-state index is 10.7. The number of nitro groups is 1. The molecule has 1 N–H and O–H groups in total. The van der Waals surface area contributed by atoms with Crippen LogP contribution in [0.15, 0.2) is 42.6 Å². The highest BCUT2D eigenvalue weighted by atomic mass is 16.6. The predicted molar refractivity (Wildman–Crippen MR) is 90.7 cm³/mol. The molecule has 0 atom stereocenters. The molecule has 120 valence electrons. The number of benzene rings is 1. The van der Waals surface area contributed by atoms with Gasteiger partial charge >= 0.3 is 0 Å². The third-order valence-corrected chi connectivity index (χ3v) is 4.11. The van der Waals surface area contributed by atoms with Gasteiger partial charge in [-0.25, -0.2) is 4.98 Å². The van der Waals surface area contributed by atoms with E-state index in [9.17, 15) is 10.1 Å². The largest absolute Gasteiger partial charge is 0.371 e. The number of pyridine rings is 1. The minimum Gasteiger partial charge on any atom is -0.371 e. The highest BCUT2D eigenvalue weighted by Gasteiger charge is 2.14. The number of hydrogen-bond donors (Lipinski definition) is 1. The predicted octanol–water partition coefficient (Wildman–Crippen LogP) is 3.59. The molecule has 1 aromatic carbocycles. The van der Waals surface area contributed by atoms with Crippen LogP contribution in [0.4, 0.5) is 17.2 Å². The molecule has 2 aromatic rings. The molecule has 0 aliphatic carbocycles. The molecule has 1 aliphatic rings. The van der Waals surface area contributed by atoms with E-state index in [1.165, 1.54) is 42.8 Å². The Morgan fingerprint density at radius 2 is 1.91 bits per heavy atom. The van der Waals surface area contributed by atoms with Crippen molar-refractivity contribution in [2.45, 2.75) is 25.8 Å². The number of piperidine rings is 1. The Labute approximate surface area is 135 Å². The smallest absolute Gasteiger partial charge is 0.287 e. The van der Waals surface area contributed by atoms with Crippen LogP contribution in [0.2, 0.25) is 0 Å². The van der Waals surface area contributed by atoms with Crippen LogP contribution < -0.4 is 10.2 Å². The topological polar surface area (TPSA) is 71.3 Å². The third-order valence-electron chi connectivity index (χ3n) is 4.11. The third kappa shape index (κ3) is 3.77. The van der Waals surface area contributed by atoms with Gasteiger partial charge < -0.3 is 10.2 Å². The van der Waals surface area contributed by atoms with Crippen LogP contribution in [-0.4, -0.2) is 23.0 Å². The van der Waals surface area contributed by atoms with Gasteiger partial charge in [0.1, 0.15) is 12.0 Å². The molecule has 23 heavy (non-hydrogen) atoms. The van der Waals surface area contributed by atoms with Crippen molar-refractivity contribution in [2.24, 2.45) is 0 Å². The minimum atomic E-state index is -0.442. The van der Waals surface area contributed by atoms with Crippen LogP contribution in [0.5, 0.6) is 0 Å². The second-order valence-corrected chi connectivity index (χ2v) is 5.69. The molecule has 3 rings (SSSR count). The molecular formula is C17H20N4O2. The Hall–Kier alpha value is -2.63. The number of nitrogens with zero attached hydrogens (tertiary/aromatic N) is 3. The van der Waals surface area contributed by atoms with Crippen molar-refractivity contribution in [3.63, 3.8) is 0 Å². The van der Waals surface area contributed by atoms with Gasteiger partial charge in [0.2, 0.25) is 0 Å². The monoisotopic (exact) mass is 312 g/mol. The summed E-state index contributed by atoms with van der Waals surface area (Å²) < 4.78 is 0. The second-order valence-electron chi connectivity index (χ2n) is 5.69. The van der Waals surface area contributed by atoms with Crippen molar-refractivity contribution in [3.05, 3.63) is 58.3 Å². The van der Waals surface area contributed by atoms with Crippen LogP contribution in [0, 0.1) is 10.1 Å². The fourth-order valence-corrected chi connectivity index (χ4v) is 2.89. The number of hydrogen-bond acceptors (Lipinski definition) is 5. The van der Waals surface area contributed by atoms with E-state index in [0.717, 1.165) is 13.1 Å². The van der Waals surface area contributed by atoms with Gasteiger partial charge in [-0.2, -0.15) is 0 Å². The summed E-state index contributed by atoms with van der Waals surface area (Å²) >= 11 is 0. The van der Waals surface area contributed by atoms with Gasteiger partial charge in [0.25, 0.3) is 5.69 Å². The van der Waals surface area contributed by atoms with Gasteiger partial charge in [-0.1, -0.05) is 18.2 Å². The lowest BCUT2D eigenvalue weighted by molar-refractivity contribution is -0.385. The van der Waals surface area contributed by atoms with Gasteiger partial charge in [0, 0.05) is 31.4 Å². The molecule has 2 heterocycles. The summed E-state index contributed by atoms with van der Waals surface area (Å²) in [6.45, 7) is 2.86. The van der Waals surface area contributed by atoms with Crippen LogP contribution >= 0.6 is 0 Å².